The van der Waals surface area contributed by atoms with Crippen LogP contribution >= 0.6 is 15.9 Å². The minimum absolute atomic E-state index is 0.227. The molecule has 0 unspecified atom stereocenters. The van der Waals surface area contributed by atoms with Gasteiger partial charge in [0.1, 0.15) is 5.82 Å². The van der Waals surface area contributed by atoms with Crippen LogP contribution < -0.4 is 0 Å². The highest BCUT2D eigenvalue weighted by Gasteiger charge is 2.43. The lowest BCUT2D eigenvalue weighted by atomic mass is 9.66. The molecule has 2 fully saturated rings. The Morgan fingerprint density at radius 1 is 1.05 bits per heavy atom. The summed E-state index contributed by atoms with van der Waals surface area (Å²) < 4.78 is 14.3. The van der Waals surface area contributed by atoms with E-state index in [1.165, 1.54) is 31.7 Å². The van der Waals surface area contributed by atoms with E-state index in [2.05, 4.69) is 15.9 Å². The van der Waals surface area contributed by atoms with Crippen molar-refractivity contribution in [1.29, 1.82) is 0 Å². The normalized spacial score (nSPS) is 24.1. The molecule has 0 atom stereocenters. The Morgan fingerprint density at radius 2 is 1.70 bits per heavy atom. The molecule has 0 aliphatic heterocycles. The van der Waals surface area contributed by atoms with Gasteiger partial charge in [0.05, 0.1) is 5.60 Å². The second-order valence-corrected chi connectivity index (χ2v) is 7.70. The van der Waals surface area contributed by atoms with Crippen molar-refractivity contribution in [3.63, 3.8) is 0 Å². The van der Waals surface area contributed by atoms with Crippen LogP contribution in [0.2, 0.25) is 0 Å². The van der Waals surface area contributed by atoms with Crippen molar-refractivity contribution < 1.29 is 9.50 Å². The minimum atomic E-state index is -0.649. The summed E-state index contributed by atoms with van der Waals surface area (Å²) in [4.78, 5) is 0. The molecule has 2 saturated carbocycles. The van der Waals surface area contributed by atoms with Gasteiger partial charge in [-0.3, -0.25) is 0 Å². The summed E-state index contributed by atoms with van der Waals surface area (Å²) in [5.74, 6) is -0.227. The standard InChI is InChI=1S/C17H22BrFO/c18-15-4-3-14(19)11-13(15)12-17(20)9-7-16(8-10-17)5-1-2-6-16/h3-4,11,20H,1-2,5-10,12H2. The molecule has 0 radical (unpaired) electrons. The molecule has 3 heteroatoms. The van der Waals surface area contributed by atoms with Crippen molar-refractivity contribution in [1.82, 2.24) is 0 Å². The first-order valence-electron chi connectivity index (χ1n) is 7.67. The Hall–Kier alpha value is -0.410. The van der Waals surface area contributed by atoms with Crippen LogP contribution in [-0.4, -0.2) is 10.7 Å². The van der Waals surface area contributed by atoms with E-state index in [1.54, 1.807) is 12.1 Å². The summed E-state index contributed by atoms with van der Waals surface area (Å²) in [6.45, 7) is 0. The Morgan fingerprint density at radius 3 is 2.35 bits per heavy atom. The summed E-state index contributed by atoms with van der Waals surface area (Å²) in [7, 11) is 0. The number of aliphatic hydroxyl groups is 1. The molecule has 3 rings (SSSR count). The van der Waals surface area contributed by atoms with E-state index >= 15 is 0 Å². The van der Waals surface area contributed by atoms with Gasteiger partial charge in [-0.25, -0.2) is 4.39 Å². The zero-order chi connectivity index (χ0) is 14.2. The topological polar surface area (TPSA) is 20.2 Å². The maximum Gasteiger partial charge on any atom is 0.123 e. The van der Waals surface area contributed by atoms with Crippen LogP contribution in [-0.2, 0) is 6.42 Å². The fourth-order valence-corrected chi connectivity index (χ4v) is 4.47. The fraction of sp³-hybridized carbons (Fsp3) is 0.647. The summed E-state index contributed by atoms with van der Waals surface area (Å²) in [5.41, 5.74) is 0.755. The van der Waals surface area contributed by atoms with Crippen LogP contribution in [0.15, 0.2) is 22.7 Å². The molecule has 2 aliphatic rings. The van der Waals surface area contributed by atoms with E-state index in [0.29, 0.717) is 11.8 Å². The van der Waals surface area contributed by atoms with Crippen molar-refractivity contribution >= 4 is 15.9 Å². The third kappa shape index (κ3) is 2.94. The third-order valence-electron chi connectivity index (χ3n) is 5.43. The van der Waals surface area contributed by atoms with Crippen molar-refractivity contribution in [2.24, 2.45) is 5.41 Å². The number of halogens is 2. The van der Waals surface area contributed by atoms with E-state index < -0.39 is 5.60 Å². The van der Waals surface area contributed by atoms with Crippen LogP contribution in [0, 0.1) is 11.2 Å². The van der Waals surface area contributed by atoms with Gasteiger partial charge in [0.2, 0.25) is 0 Å². The maximum atomic E-state index is 13.4. The lowest BCUT2D eigenvalue weighted by Crippen LogP contribution is -2.39. The first-order valence-corrected chi connectivity index (χ1v) is 8.46. The van der Waals surface area contributed by atoms with Crippen LogP contribution in [0.1, 0.15) is 56.9 Å². The molecule has 2 aliphatic carbocycles. The van der Waals surface area contributed by atoms with Gasteiger partial charge in [0, 0.05) is 10.9 Å². The summed E-state index contributed by atoms with van der Waals surface area (Å²) in [6.07, 6.45) is 9.93. The van der Waals surface area contributed by atoms with Gasteiger partial charge < -0.3 is 5.11 Å². The largest absolute Gasteiger partial charge is 0.390 e. The second-order valence-electron chi connectivity index (χ2n) is 6.84. The average molecular weight is 341 g/mol. The predicted octanol–water partition coefficient (Wildman–Crippen LogP) is 5.00. The van der Waals surface area contributed by atoms with Gasteiger partial charge in [0.15, 0.2) is 0 Å². The van der Waals surface area contributed by atoms with Crippen LogP contribution in [0.4, 0.5) is 4.39 Å². The van der Waals surface area contributed by atoms with Crippen molar-refractivity contribution in [2.45, 2.75) is 63.4 Å². The molecule has 1 aromatic carbocycles. The summed E-state index contributed by atoms with van der Waals surface area (Å²) in [6, 6.07) is 4.73. The van der Waals surface area contributed by atoms with Crippen LogP contribution in [0.5, 0.6) is 0 Å². The Labute approximate surface area is 128 Å². The van der Waals surface area contributed by atoms with Crippen LogP contribution in [0.25, 0.3) is 0 Å². The van der Waals surface area contributed by atoms with Crippen molar-refractivity contribution in [3.8, 4) is 0 Å². The summed E-state index contributed by atoms with van der Waals surface area (Å²) >= 11 is 3.46. The molecular weight excluding hydrogens is 319 g/mol. The minimum Gasteiger partial charge on any atom is -0.390 e. The lowest BCUT2D eigenvalue weighted by Gasteiger charge is -2.42. The molecule has 0 heterocycles. The lowest BCUT2D eigenvalue weighted by molar-refractivity contribution is -0.0323. The highest BCUT2D eigenvalue weighted by Crippen LogP contribution is 2.51. The molecule has 1 spiro atoms. The monoisotopic (exact) mass is 340 g/mol. The average Bonchev–Trinajstić information content (AvgIpc) is 2.87. The number of hydrogen-bond acceptors (Lipinski definition) is 1. The van der Waals surface area contributed by atoms with Gasteiger partial charge >= 0.3 is 0 Å². The highest BCUT2D eigenvalue weighted by molar-refractivity contribution is 9.10. The van der Waals surface area contributed by atoms with Gasteiger partial charge in [-0.2, -0.15) is 0 Å². The highest BCUT2D eigenvalue weighted by atomic mass is 79.9. The molecule has 1 N–H and O–H groups in total. The van der Waals surface area contributed by atoms with Gasteiger partial charge in [-0.1, -0.05) is 28.8 Å². The SMILES string of the molecule is OC1(Cc2cc(F)ccc2Br)CCC2(CCCC2)CC1. The van der Waals surface area contributed by atoms with E-state index in [1.807, 2.05) is 0 Å². The van der Waals surface area contributed by atoms with Gasteiger partial charge in [0.25, 0.3) is 0 Å². The van der Waals surface area contributed by atoms with E-state index in [9.17, 15) is 9.50 Å². The maximum absolute atomic E-state index is 13.4. The molecule has 0 amide bonds. The number of hydrogen-bond donors (Lipinski definition) is 1. The smallest absolute Gasteiger partial charge is 0.123 e. The molecule has 1 nitrogen and oxygen atoms in total. The summed E-state index contributed by atoms with van der Waals surface area (Å²) in [5, 5.41) is 10.8. The Bertz CT molecular complexity index is 484. The predicted molar refractivity (Wildman–Crippen MR) is 82.1 cm³/mol. The van der Waals surface area contributed by atoms with Crippen LogP contribution in [0.3, 0.4) is 0 Å². The van der Waals surface area contributed by atoms with Crippen molar-refractivity contribution in [2.75, 3.05) is 0 Å². The van der Waals surface area contributed by atoms with Crippen molar-refractivity contribution in [3.05, 3.63) is 34.1 Å². The number of benzene rings is 1. The van der Waals surface area contributed by atoms with E-state index in [4.69, 9.17) is 0 Å². The first kappa shape index (κ1) is 14.5. The quantitative estimate of drug-likeness (QED) is 0.803. The third-order valence-corrected chi connectivity index (χ3v) is 6.21. The van der Waals surface area contributed by atoms with E-state index in [0.717, 1.165) is 35.7 Å². The molecular formula is C17H22BrFO. The molecule has 1 aromatic rings. The first-order chi connectivity index (χ1) is 9.50. The molecule has 20 heavy (non-hydrogen) atoms. The second kappa shape index (κ2) is 5.42. The Balaban J connectivity index is 1.70. The number of rotatable bonds is 2. The zero-order valence-corrected chi connectivity index (χ0v) is 13.4. The fourth-order valence-electron chi connectivity index (χ4n) is 4.08. The van der Waals surface area contributed by atoms with E-state index in [-0.39, 0.29) is 5.82 Å². The molecule has 110 valence electrons. The molecule has 0 saturated heterocycles. The molecule has 0 aromatic heterocycles. The Kier molecular flexibility index (Phi) is 3.93. The van der Waals surface area contributed by atoms with Gasteiger partial charge in [-0.05, 0) is 67.7 Å². The van der Waals surface area contributed by atoms with Gasteiger partial charge in [-0.15, -0.1) is 0 Å². The molecule has 0 bridgehead atoms. The zero-order valence-electron chi connectivity index (χ0n) is 11.8.